The second-order valence-electron chi connectivity index (χ2n) is 12.7. The third-order valence-electron chi connectivity index (χ3n) is 7.71. The number of alkyl carbamates (subject to hydrolysis) is 1. The van der Waals surface area contributed by atoms with Gasteiger partial charge in [0.1, 0.15) is 12.2 Å². The zero-order valence-corrected chi connectivity index (χ0v) is 26.3. The van der Waals surface area contributed by atoms with Crippen LogP contribution in [0.15, 0.2) is 48.5 Å². The monoisotopic (exact) mass is 620 g/mol. The fourth-order valence-corrected chi connectivity index (χ4v) is 5.54. The Labute approximate surface area is 262 Å². The smallest absolute Gasteiger partial charge is 0.407 e. The Bertz CT molecular complexity index is 1410. The fourth-order valence-electron chi connectivity index (χ4n) is 5.54. The molecule has 11 nitrogen and oxygen atoms in total. The number of esters is 1. The predicted octanol–water partition coefficient (Wildman–Crippen LogP) is 4.85. The second kappa shape index (κ2) is 14.0. The Morgan fingerprint density at radius 1 is 0.911 bits per heavy atom. The number of hydrogen-bond donors (Lipinski definition) is 1. The van der Waals surface area contributed by atoms with Gasteiger partial charge >= 0.3 is 18.0 Å². The van der Waals surface area contributed by atoms with Crippen LogP contribution >= 0.6 is 0 Å². The van der Waals surface area contributed by atoms with Crippen molar-refractivity contribution in [3.63, 3.8) is 0 Å². The summed E-state index contributed by atoms with van der Waals surface area (Å²) in [5.74, 6) is -4.80. The first-order valence-corrected chi connectivity index (χ1v) is 15.2. The molecule has 2 aliphatic rings. The predicted molar refractivity (Wildman–Crippen MR) is 162 cm³/mol. The highest BCUT2D eigenvalue weighted by molar-refractivity contribution is 6.01. The Morgan fingerprint density at radius 3 is 2.00 bits per heavy atom. The molecule has 2 atom stereocenters. The van der Waals surface area contributed by atoms with Gasteiger partial charge in [-0.1, -0.05) is 62.4 Å². The second-order valence-corrected chi connectivity index (χ2v) is 12.7. The Balaban J connectivity index is 1.39. The van der Waals surface area contributed by atoms with Crippen LogP contribution in [0.2, 0.25) is 0 Å². The number of amides is 3. The zero-order valence-electron chi connectivity index (χ0n) is 26.3. The largest absolute Gasteiger partial charge is 0.460 e. The molecule has 1 aliphatic heterocycles. The molecule has 2 aromatic rings. The Morgan fingerprint density at radius 2 is 1.47 bits per heavy atom. The summed E-state index contributed by atoms with van der Waals surface area (Å²) in [7, 11) is 0. The maximum Gasteiger partial charge on any atom is 0.407 e. The maximum atomic E-state index is 13.5. The number of nitrogens with zero attached hydrogens (tertiary/aromatic N) is 1. The highest BCUT2D eigenvalue weighted by atomic mass is 16.7. The van der Waals surface area contributed by atoms with E-state index in [0.717, 1.165) is 22.3 Å². The number of nitrogens with one attached hydrogen (secondary N) is 1. The normalized spacial score (nSPS) is 15.7. The van der Waals surface area contributed by atoms with E-state index in [9.17, 15) is 28.8 Å². The van der Waals surface area contributed by atoms with Crippen molar-refractivity contribution in [2.24, 2.45) is 11.8 Å². The average molecular weight is 621 g/mol. The third kappa shape index (κ3) is 8.34. The number of ether oxygens (including phenoxy) is 2. The van der Waals surface area contributed by atoms with Gasteiger partial charge in [0.15, 0.2) is 5.78 Å². The van der Waals surface area contributed by atoms with Crippen LogP contribution in [0.5, 0.6) is 0 Å². The van der Waals surface area contributed by atoms with Crippen molar-refractivity contribution >= 4 is 35.6 Å². The first kappa shape index (κ1) is 33.4. The molecule has 11 heteroatoms. The minimum atomic E-state index is -1.04. The topological polar surface area (TPSA) is 145 Å². The summed E-state index contributed by atoms with van der Waals surface area (Å²) in [5.41, 5.74) is 3.44. The van der Waals surface area contributed by atoms with E-state index in [1.807, 2.05) is 48.5 Å². The number of carbonyl (C=O) groups excluding carboxylic acids is 6. The van der Waals surface area contributed by atoms with E-state index in [4.69, 9.17) is 14.3 Å². The molecule has 0 radical (unpaired) electrons. The van der Waals surface area contributed by atoms with Crippen molar-refractivity contribution in [3.05, 3.63) is 59.7 Å². The molecule has 45 heavy (non-hydrogen) atoms. The first-order valence-electron chi connectivity index (χ1n) is 15.2. The minimum Gasteiger partial charge on any atom is -0.460 e. The van der Waals surface area contributed by atoms with Crippen LogP contribution in [0.25, 0.3) is 11.1 Å². The van der Waals surface area contributed by atoms with Gasteiger partial charge in [-0.2, -0.15) is 0 Å². The van der Waals surface area contributed by atoms with E-state index in [0.29, 0.717) is 5.06 Å². The van der Waals surface area contributed by atoms with Crippen LogP contribution in [0, 0.1) is 11.8 Å². The van der Waals surface area contributed by atoms with Crippen LogP contribution in [0.3, 0.4) is 0 Å². The van der Waals surface area contributed by atoms with Gasteiger partial charge in [-0.25, -0.2) is 9.59 Å². The molecule has 0 saturated carbocycles. The number of Topliss-reactive ketones (excluding diaryl/α,β-unsaturated/α-hetero) is 1. The number of ketones is 1. The molecule has 1 N–H and O–H groups in total. The Kier molecular flexibility index (Phi) is 10.4. The van der Waals surface area contributed by atoms with Crippen molar-refractivity contribution in [2.45, 2.75) is 84.3 Å². The summed E-state index contributed by atoms with van der Waals surface area (Å²) in [5, 5.41) is 3.10. The van der Waals surface area contributed by atoms with Crippen LogP contribution in [0.1, 0.15) is 83.8 Å². The molecule has 240 valence electrons. The van der Waals surface area contributed by atoms with Gasteiger partial charge in [-0.05, 0) is 55.4 Å². The average Bonchev–Trinajstić information content (AvgIpc) is 3.47. The number of rotatable bonds is 12. The molecule has 1 saturated heterocycles. The van der Waals surface area contributed by atoms with Crippen LogP contribution in [-0.4, -0.2) is 58.9 Å². The summed E-state index contributed by atoms with van der Waals surface area (Å²) in [6, 6.07) is 14.9. The molecular weight excluding hydrogens is 580 g/mol. The molecule has 1 aliphatic carbocycles. The van der Waals surface area contributed by atoms with Gasteiger partial charge < -0.3 is 19.6 Å². The summed E-state index contributed by atoms with van der Waals surface area (Å²) in [4.78, 5) is 80.5. The highest BCUT2D eigenvalue weighted by Gasteiger charge is 2.36. The summed E-state index contributed by atoms with van der Waals surface area (Å²) in [6.07, 6.45) is -1.66. The van der Waals surface area contributed by atoms with E-state index in [-0.39, 0.29) is 50.5 Å². The third-order valence-corrected chi connectivity index (χ3v) is 7.71. The zero-order chi connectivity index (χ0) is 32.9. The number of hydroxylamine groups is 2. The molecule has 2 aromatic carbocycles. The lowest BCUT2D eigenvalue weighted by Gasteiger charge is -2.26. The number of hydrogen-bond acceptors (Lipinski definition) is 9. The lowest BCUT2D eigenvalue weighted by molar-refractivity contribution is -0.197. The first-order chi connectivity index (χ1) is 21.2. The quantitative estimate of drug-likeness (QED) is 0.260. The molecule has 1 heterocycles. The van der Waals surface area contributed by atoms with Crippen molar-refractivity contribution in [3.8, 4) is 11.1 Å². The molecule has 0 spiro atoms. The van der Waals surface area contributed by atoms with Crippen molar-refractivity contribution in [1.29, 1.82) is 0 Å². The van der Waals surface area contributed by atoms with Gasteiger partial charge in [0.25, 0.3) is 11.8 Å². The lowest BCUT2D eigenvalue weighted by Crippen LogP contribution is -2.46. The van der Waals surface area contributed by atoms with Gasteiger partial charge in [-0.15, -0.1) is 5.06 Å². The highest BCUT2D eigenvalue weighted by Crippen LogP contribution is 2.44. The molecule has 4 rings (SSSR count). The van der Waals surface area contributed by atoms with E-state index in [1.54, 1.807) is 34.6 Å². The number of benzene rings is 2. The summed E-state index contributed by atoms with van der Waals surface area (Å²) >= 11 is 0. The van der Waals surface area contributed by atoms with Crippen molar-refractivity contribution in [1.82, 2.24) is 10.4 Å². The van der Waals surface area contributed by atoms with Gasteiger partial charge in [0, 0.05) is 31.6 Å². The SMILES string of the molecule is CC(C)[C@H](NC(=O)OCC1c2ccccc2-c2ccccc21)C(=O)C[C@@H](CCC(=O)ON1C(=O)CCC1=O)C(=O)OC(C)(C)C. The van der Waals surface area contributed by atoms with E-state index in [2.05, 4.69) is 5.32 Å². The maximum absolute atomic E-state index is 13.5. The van der Waals surface area contributed by atoms with Crippen molar-refractivity contribution < 1.29 is 43.1 Å². The van der Waals surface area contributed by atoms with E-state index >= 15 is 0 Å². The summed E-state index contributed by atoms with van der Waals surface area (Å²) < 4.78 is 11.1. The molecule has 0 bridgehead atoms. The fraction of sp³-hybridized carbons (Fsp3) is 0.471. The van der Waals surface area contributed by atoms with Gasteiger partial charge in [0.05, 0.1) is 12.0 Å². The number of carbonyl (C=O) groups is 6. The molecule has 1 fully saturated rings. The summed E-state index contributed by atoms with van der Waals surface area (Å²) in [6.45, 7) is 8.63. The molecule has 0 aromatic heterocycles. The molecule has 0 unspecified atom stereocenters. The van der Waals surface area contributed by atoms with Gasteiger partial charge in [-0.3, -0.25) is 19.2 Å². The standard InChI is InChI=1S/C34H40N2O9/c1-20(2)31(35-33(42)43-19-26-24-12-8-6-10-22(24)23-11-7-9-13-25(23)26)27(37)18-21(32(41)44-34(3,4)5)14-17-30(40)45-36-28(38)15-16-29(36)39/h6-13,20-21,26,31H,14-19H2,1-5H3,(H,35,42)/t21-,31+/m1/s1. The van der Waals surface area contributed by atoms with Crippen LogP contribution < -0.4 is 5.32 Å². The number of fused-ring (bicyclic) bond motifs is 3. The lowest BCUT2D eigenvalue weighted by atomic mass is 9.90. The van der Waals surface area contributed by atoms with Crippen LogP contribution in [-0.2, 0) is 38.3 Å². The Hall–Kier alpha value is -4.54. The molecule has 3 amide bonds. The molecular formula is C34H40N2O9. The van der Waals surface area contributed by atoms with Crippen molar-refractivity contribution in [2.75, 3.05) is 6.61 Å². The van der Waals surface area contributed by atoms with Gasteiger partial charge in [0.2, 0.25) is 0 Å². The minimum absolute atomic E-state index is 0.0472. The van der Waals surface area contributed by atoms with E-state index < -0.39 is 53.2 Å². The number of imide groups is 1. The van der Waals surface area contributed by atoms with Crippen LogP contribution in [0.4, 0.5) is 4.79 Å². The van der Waals surface area contributed by atoms with E-state index in [1.165, 1.54) is 0 Å².